The van der Waals surface area contributed by atoms with E-state index in [0.717, 1.165) is 17.4 Å². The first kappa shape index (κ1) is 14.0. The van der Waals surface area contributed by atoms with Gasteiger partial charge in [-0.3, -0.25) is 9.40 Å². The zero-order valence-electron chi connectivity index (χ0n) is 11.4. The van der Waals surface area contributed by atoms with Gasteiger partial charge in [0.05, 0.1) is 29.3 Å². The topological polar surface area (TPSA) is 89.8 Å². The van der Waals surface area contributed by atoms with Crippen molar-refractivity contribution in [2.75, 3.05) is 4.72 Å². The monoisotopic (exact) mass is 323 g/mol. The van der Waals surface area contributed by atoms with Gasteiger partial charge < -0.3 is 0 Å². The molecule has 2 heterocycles. The molecule has 3 aromatic rings. The fourth-order valence-corrected chi connectivity index (χ4v) is 3.93. The Morgan fingerprint density at radius 1 is 1.33 bits per heavy atom. The molecule has 0 atom stereocenters. The number of nitrogens with zero attached hydrogens (tertiary/aromatic N) is 4. The molecule has 0 saturated carbocycles. The zero-order chi connectivity index (χ0) is 15.0. The van der Waals surface area contributed by atoms with Gasteiger partial charge in [-0.15, -0.1) is 0 Å². The fraction of sp³-hybridized carbons (Fsp3) is 0.250. The summed E-state index contributed by atoms with van der Waals surface area (Å²) in [6, 6.07) is 4.91. The lowest BCUT2D eigenvalue weighted by Crippen LogP contribution is -2.14. The molecule has 0 bridgehead atoms. The Labute approximate surface area is 126 Å². The van der Waals surface area contributed by atoms with E-state index in [-0.39, 0.29) is 4.90 Å². The van der Waals surface area contributed by atoms with E-state index in [4.69, 9.17) is 0 Å². The van der Waals surface area contributed by atoms with Gasteiger partial charge in [-0.1, -0.05) is 6.07 Å². The van der Waals surface area contributed by atoms with E-state index in [0.29, 0.717) is 23.3 Å². The molecule has 1 N–H and O–H groups in total. The molecule has 2 aromatic heterocycles. The number of sulfonamides is 1. The first-order valence-corrected chi connectivity index (χ1v) is 8.51. The maximum absolute atomic E-state index is 12.6. The normalized spacial score (nSPS) is 11.9. The largest absolute Gasteiger partial charge is 0.276 e. The molecule has 0 saturated heterocycles. The summed E-state index contributed by atoms with van der Waals surface area (Å²) in [6.45, 7) is 4.44. The first-order valence-electron chi connectivity index (χ1n) is 6.29. The third-order valence-electron chi connectivity index (χ3n) is 3.19. The highest BCUT2D eigenvalue weighted by Crippen LogP contribution is 2.24. The van der Waals surface area contributed by atoms with Crippen molar-refractivity contribution in [1.82, 2.24) is 18.5 Å². The van der Waals surface area contributed by atoms with Gasteiger partial charge >= 0.3 is 0 Å². The molecule has 1 aromatic carbocycles. The number of aromatic nitrogens is 4. The van der Waals surface area contributed by atoms with Gasteiger partial charge in [-0.2, -0.15) is 13.8 Å². The standard InChI is InChI=1S/C12H13N5O2S2/c1-3-17-8(2)10(7-13-17)16-21(18,19)11-6-4-5-9-12(11)15-20-14-9/h4-7,16H,3H2,1-2H3. The average Bonchev–Trinajstić information content (AvgIpc) is 3.05. The number of benzene rings is 1. The minimum absolute atomic E-state index is 0.123. The SMILES string of the molecule is CCn1ncc(NS(=O)(=O)c2cccc3nsnc23)c1C. The van der Waals surface area contributed by atoms with Gasteiger partial charge in [0.1, 0.15) is 15.9 Å². The second kappa shape index (κ2) is 5.08. The van der Waals surface area contributed by atoms with Gasteiger partial charge in [-0.25, -0.2) is 8.42 Å². The van der Waals surface area contributed by atoms with Crippen molar-refractivity contribution in [1.29, 1.82) is 0 Å². The van der Waals surface area contributed by atoms with Crippen LogP contribution in [-0.4, -0.2) is 26.9 Å². The van der Waals surface area contributed by atoms with Crippen molar-refractivity contribution in [3.8, 4) is 0 Å². The second-order valence-corrected chi connectivity index (χ2v) is 6.63. The Balaban J connectivity index is 2.04. The lowest BCUT2D eigenvalue weighted by molar-refractivity contribution is 0.601. The highest BCUT2D eigenvalue weighted by molar-refractivity contribution is 7.93. The van der Waals surface area contributed by atoms with Crippen LogP contribution in [0, 0.1) is 6.92 Å². The average molecular weight is 323 g/mol. The van der Waals surface area contributed by atoms with Crippen LogP contribution in [0.3, 0.4) is 0 Å². The number of rotatable bonds is 4. The van der Waals surface area contributed by atoms with Crippen LogP contribution in [0.5, 0.6) is 0 Å². The quantitative estimate of drug-likeness (QED) is 0.793. The zero-order valence-corrected chi connectivity index (χ0v) is 13.1. The summed E-state index contributed by atoms with van der Waals surface area (Å²) in [6.07, 6.45) is 1.51. The number of fused-ring (bicyclic) bond motifs is 1. The van der Waals surface area contributed by atoms with Gasteiger partial charge in [0, 0.05) is 6.54 Å². The molecule has 0 amide bonds. The van der Waals surface area contributed by atoms with Crippen LogP contribution in [0.25, 0.3) is 11.0 Å². The highest BCUT2D eigenvalue weighted by Gasteiger charge is 2.21. The van der Waals surface area contributed by atoms with Crippen LogP contribution >= 0.6 is 11.7 Å². The molecule has 0 fully saturated rings. The predicted molar refractivity (Wildman–Crippen MR) is 80.9 cm³/mol. The van der Waals surface area contributed by atoms with E-state index in [1.165, 1.54) is 12.3 Å². The Hall–Kier alpha value is -2.00. The maximum atomic E-state index is 12.6. The summed E-state index contributed by atoms with van der Waals surface area (Å²) in [7, 11) is -3.73. The van der Waals surface area contributed by atoms with Crippen LogP contribution in [0.4, 0.5) is 5.69 Å². The fourth-order valence-electron chi connectivity index (χ4n) is 2.06. The number of anilines is 1. The van der Waals surface area contributed by atoms with Gasteiger partial charge in [0.2, 0.25) is 0 Å². The molecule has 0 aliphatic heterocycles. The molecule has 0 aliphatic rings. The molecular weight excluding hydrogens is 310 g/mol. The molecule has 0 radical (unpaired) electrons. The summed E-state index contributed by atoms with van der Waals surface area (Å²) in [5, 5.41) is 4.13. The van der Waals surface area contributed by atoms with Gasteiger partial charge in [0.25, 0.3) is 10.0 Å². The Morgan fingerprint density at radius 3 is 2.86 bits per heavy atom. The van der Waals surface area contributed by atoms with Gasteiger partial charge in [0.15, 0.2) is 0 Å². The Kier molecular flexibility index (Phi) is 3.38. The molecular formula is C12H13N5O2S2. The third-order valence-corrected chi connectivity index (χ3v) is 5.13. The van der Waals surface area contributed by atoms with E-state index in [1.54, 1.807) is 16.8 Å². The molecule has 0 aliphatic carbocycles. The number of aryl methyl sites for hydroxylation is 1. The Bertz CT molecular complexity index is 897. The molecule has 7 nitrogen and oxygen atoms in total. The summed E-state index contributed by atoms with van der Waals surface area (Å²) in [5.41, 5.74) is 2.20. The highest BCUT2D eigenvalue weighted by atomic mass is 32.2. The van der Waals surface area contributed by atoms with Crippen LogP contribution < -0.4 is 4.72 Å². The van der Waals surface area contributed by atoms with E-state index >= 15 is 0 Å². The summed E-state index contributed by atoms with van der Waals surface area (Å²) < 4.78 is 37.5. The Morgan fingerprint density at radius 2 is 2.14 bits per heavy atom. The minimum Gasteiger partial charge on any atom is -0.276 e. The van der Waals surface area contributed by atoms with Crippen LogP contribution in [0.2, 0.25) is 0 Å². The molecule has 110 valence electrons. The first-order chi connectivity index (χ1) is 10.0. The number of nitrogens with one attached hydrogen (secondary N) is 1. The predicted octanol–water partition coefficient (Wildman–Crippen LogP) is 2.02. The van der Waals surface area contributed by atoms with E-state index in [9.17, 15) is 8.42 Å². The lowest BCUT2D eigenvalue weighted by atomic mass is 10.3. The molecule has 0 unspecified atom stereocenters. The number of hydrogen-bond donors (Lipinski definition) is 1. The number of hydrogen-bond acceptors (Lipinski definition) is 6. The van der Waals surface area contributed by atoms with Gasteiger partial charge in [-0.05, 0) is 26.0 Å². The molecule has 9 heteroatoms. The second-order valence-electron chi connectivity index (χ2n) is 4.45. The van der Waals surface area contributed by atoms with E-state index < -0.39 is 10.0 Å². The van der Waals surface area contributed by atoms with Crippen molar-refractivity contribution in [2.45, 2.75) is 25.3 Å². The maximum Gasteiger partial charge on any atom is 0.264 e. The van der Waals surface area contributed by atoms with Crippen LogP contribution in [0.15, 0.2) is 29.3 Å². The summed E-state index contributed by atoms with van der Waals surface area (Å²) in [4.78, 5) is 0.123. The van der Waals surface area contributed by atoms with E-state index in [1.807, 2.05) is 13.8 Å². The van der Waals surface area contributed by atoms with E-state index in [2.05, 4.69) is 18.6 Å². The molecule has 21 heavy (non-hydrogen) atoms. The third kappa shape index (κ3) is 2.38. The molecule has 3 rings (SSSR count). The molecule has 0 spiro atoms. The van der Waals surface area contributed by atoms with Crippen molar-refractivity contribution in [3.63, 3.8) is 0 Å². The van der Waals surface area contributed by atoms with Crippen molar-refractivity contribution >= 4 is 38.5 Å². The summed E-state index contributed by atoms with van der Waals surface area (Å²) >= 11 is 0.992. The smallest absolute Gasteiger partial charge is 0.264 e. The van der Waals surface area contributed by atoms with Crippen LogP contribution in [0.1, 0.15) is 12.6 Å². The minimum atomic E-state index is -3.73. The van der Waals surface area contributed by atoms with Crippen molar-refractivity contribution in [3.05, 3.63) is 30.1 Å². The van der Waals surface area contributed by atoms with Crippen molar-refractivity contribution in [2.24, 2.45) is 0 Å². The van der Waals surface area contributed by atoms with Crippen LogP contribution in [-0.2, 0) is 16.6 Å². The lowest BCUT2D eigenvalue weighted by Gasteiger charge is -2.08. The van der Waals surface area contributed by atoms with Crippen molar-refractivity contribution < 1.29 is 8.42 Å². The summed E-state index contributed by atoms with van der Waals surface area (Å²) in [5.74, 6) is 0.